The van der Waals surface area contributed by atoms with Crippen LogP contribution >= 0.6 is 22.6 Å². The van der Waals surface area contributed by atoms with E-state index in [0.29, 0.717) is 11.3 Å². The normalized spacial score (nSPS) is 41.9. The highest BCUT2D eigenvalue weighted by molar-refractivity contribution is 14.1. The van der Waals surface area contributed by atoms with Gasteiger partial charge < -0.3 is 9.16 Å². The van der Waals surface area contributed by atoms with Crippen molar-refractivity contribution in [3.63, 3.8) is 0 Å². The van der Waals surface area contributed by atoms with Gasteiger partial charge in [-0.3, -0.25) is 0 Å². The topological polar surface area (TPSA) is 18.5 Å². The number of hydrogen-bond acceptors (Lipinski definition) is 2. The molecule has 0 bridgehead atoms. The van der Waals surface area contributed by atoms with Crippen molar-refractivity contribution in [1.82, 2.24) is 0 Å². The van der Waals surface area contributed by atoms with Crippen LogP contribution in [0.1, 0.15) is 59.3 Å². The van der Waals surface area contributed by atoms with Crippen molar-refractivity contribution in [1.29, 1.82) is 0 Å². The Morgan fingerprint density at radius 2 is 2.04 bits per heavy atom. The maximum atomic E-state index is 6.40. The lowest BCUT2D eigenvalue weighted by Gasteiger charge is -2.44. The maximum Gasteiger partial charge on any atom is 0.184 e. The van der Waals surface area contributed by atoms with Crippen LogP contribution in [-0.2, 0) is 9.16 Å². The average molecular weight is 503 g/mol. The Hall–Kier alpha value is 0.347. The number of halogens is 1. The molecule has 2 nitrogen and oxygen atoms in total. The first-order valence-electron chi connectivity index (χ1n) is 10.9. The molecule has 0 radical (unpaired) electrons. The molecule has 0 spiro atoms. The van der Waals surface area contributed by atoms with Crippen molar-refractivity contribution in [3.05, 3.63) is 21.8 Å². The first kappa shape index (κ1) is 22.0. The van der Waals surface area contributed by atoms with E-state index >= 15 is 0 Å². The summed E-state index contributed by atoms with van der Waals surface area (Å²) in [5.74, 6) is 2.24. The van der Waals surface area contributed by atoms with Crippen LogP contribution in [0.5, 0.6) is 0 Å². The molecule has 2 saturated carbocycles. The molecule has 3 aliphatic rings. The van der Waals surface area contributed by atoms with Gasteiger partial charge in [0.2, 0.25) is 0 Å². The zero-order chi connectivity index (χ0) is 19.9. The Bertz CT molecular complexity index is 596. The quantitative estimate of drug-likeness (QED) is 0.219. The molecule has 0 aliphatic heterocycles. The highest BCUT2D eigenvalue weighted by Crippen LogP contribution is 2.59. The summed E-state index contributed by atoms with van der Waals surface area (Å²) < 4.78 is 15.2. The average Bonchev–Trinajstić information content (AvgIpc) is 3.10. The van der Waals surface area contributed by atoms with E-state index in [9.17, 15) is 0 Å². The second-order valence-electron chi connectivity index (χ2n) is 10.7. The second kappa shape index (κ2) is 8.23. The Morgan fingerprint density at radius 1 is 1.30 bits per heavy atom. The van der Waals surface area contributed by atoms with Gasteiger partial charge in [0.1, 0.15) is 0 Å². The van der Waals surface area contributed by atoms with E-state index in [4.69, 9.17) is 9.16 Å². The van der Waals surface area contributed by atoms with Crippen molar-refractivity contribution in [2.75, 3.05) is 6.61 Å². The molecule has 2 fully saturated rings. The fourth-order valence-corrected chi connectivity index (χ4v) is 8.57. The second-order valence-corrected chi connectivity index (χ2v) is 15.8. The lowest BCUT2D eigenvalue weighted by Crippen LogP contribution is -2.39. The molecule has 0 heterocycles. The lowest BCUT2D eigenvalue weighted by atomic mass is 9.61. The Kier molecular flexibility index (Phi) is 6.72. The molecule has 3 aliphatic carbocycles. The van der Waals surface area contributed by atoms with Gasteiger partial charge in [0.25, 0.3) is 0 Å². The standard InChI is InChI=1S/C23H39IO2Si/c1-17(16-25-19-11-13-22(2,14-19)26-27(4,5)6)20-9-10-21-18(15-24)8-7-12-23(20,21)3/h11,13,15,17,19-21H,7-10,12,14,16H2,1-6H3/t17-,19+,20+,21?,22+,23+/m0/s1. The van der Waals surface area contributed by atoms with Crippen LogP contribution in [-0.4, -0.2) is 26.6 Å². The Balaban J connectivity index is 1.55. The molecule has 0 amide bonds. The van der Waals surface area contributed by atoms with Crippen molar-refractivity contribution in [2.24, 2.45) is 23.2 Å². The zero-order valence-corrected chi connectivity index (χ0v) is 21.3. The summed E-state index contributed by atoms with van der Waals surface area (Å²) in [5.41, 5.74) is 2.07. The molecule has 1 unspecified atom stereocenters. The number of ether oxygens (including phenoxy) is 1. The SMILES string of the molecule is C[C@@H](CO[C@@H]1C=C[C@@](C)(O[Si](C)(C)C)C1)[C@H]1CCC2C(=CI)CCC[C@@]21C. The summed E-state index contributed by atoms with van der Waals surface area (Å²) >= 11 is 2.47. The maximum absolute atomic E-state index is 6.40. The van der Waals surface area contributed by atoms with E-state index < -0.39 is 8.32 Å². The van der Waals surface area contributed by atoms with Crippen LogP contribution in [0, 0.1) is 23.2 Å². The summed E-state index contributed by atoms with van der Waals surface area (Å²) in [6.45, 7) is 14.9. The summed E-state index contributed by atoms with van der Waals surface area (Å²) in [7, 11) is -1.54. The number of fused-ring (bicyclic) bond motifs is 1. The molecule has 0 aromatic rings. The summed E-state index contributed by atoms with van der Waals surface area (Å²) in [6, 6.07) is 0. The van der Waals surface area contributed by atoms with Gasteiger partial charge in [-0.05, 0) is 85.9 Å². The van der Waals surface area contributed by atoms with E-state index in [1.807, 2.05) is 0 Å². The third-order valence-corrected chi connectivity index (χ3v) is 9.13. The Labute approximate surface area is 181 Å². The molecule has 0 aromatic carbocycles. The van der Waals surface area contributed by atoms with E-state index in [0.717, 1.165) is 24.9 Å². The number of hydrogen-bond donors (Lipinski definition) is 0. The first-order valence-corrected chi connectivity index (χ1v) is 15.5. The van der Waals surface area contributed by atoms with E-state index in [1.165, 1.54) is 32.1 Å². The van der Waals surface area contributed by atoms with Gasteiger partial charge in [0.05, 0.1) is 18.3 Å². The van der Waals surface area contributed by atoms with Crippen LogP contribution < -0.4 is 0 Å². The van der Waals surface area contributed by atoms with Gasteiger partial charge in [-0.2, -0.15) is 0 Å². The zero-order valence-electron chi connectivity index (χ0n) is 18.2. The predicted octanol–water partition coefficient (Wildman–Crippen LogP) is 7.11. The minimum atomic E-state index is -1.54. The number of allylic oxidation sites excluding steroid dienone is 1. The fourth-order valence-electron chi connectivity index (χ4n) is 6.27. The predicted molar refractivity (Wildman–Crippen MR) is 126 cm³/mol. The van der Waals surface area contributed by atoms with Crippen molar-refractivity contribution >= 4 is 30.9 Å². The van der Waals surface area contributed by atoms with Crippen LogP contribution in [0.2, 0.25) is 19.6 Å². The molecular formula is C23H39IO2Si. The van der Waals surface area contributed by atoms with Gasteiger partial charge >= 0.3 is 0 Å². The molecule has 0 N–H and O–H groups in total. The van der Waals surface area contributed by atoms with E-state index in [2.05, 4.69) is 79.2 Å². The van der Waals surface area contributed by atoms with Crippen LogP contribution in [0.25, 0.3) is 0 Å². The van der Waals surface area contributed by atoms with Crippen LogP contribution in [0.4, 0.5) is 0 Å². The van der Waals surface area contributed by atoms with E-state index in [-0.39, 0.29) is 11.7 Å². The molecule has 0 aromatic heterocycles. The molecule has 154 valence electrons. The summed E-state index contributed by atoms with van der Waals surface area (Å²) in [4.78, 5) is 0. The summed E-state index contributed by atoms with van der Waals surface area (Å²) in [6.07, 6.45) is 12.5. The molecular weight excluding hydrogens is 463 g/mol. The third kappa shape index (κ3) is 4.92. The van der Waals surface area contributed by atoms with Gasteiger partial charge in [0, 0.05) is 6.42 Å². The van der Waals surface area contributed by atoms with E-state index in [1.54, 1.807) is 5.57 Å². The molecule has 4 heteroatoms. The molecule has 3 rings (SSSR count). The molecule has 0 saturated heterocycles. The minimum absolute atomic E-state index is 0.133. The van der Waals surface area contributed by atoms with Crippen molar-refractivity contribution in [3.8, 4) is 0 Å². The van der Waals surface area contributed by atoms with Gasteiger partial charge in [-0.25, -0.2) is 0 Å². The largest absolute Gasteiger partial charge is 0.409 e. The van der Waals surface area contributed by atoms with Crippen LogP contribution in [0.3, 0.4) is 0 Å². The number of rotatable bonds is 6. The first-order chi connectivity index (χ1) is 12.6. The smallest absolute Gasteiger partial charge is 0.184 e. The fraction of sp³-hybridized carbons (Fsp3) is 0.826. The van der Waals surface area contributed by atoms with Crippen LogP contribution in [0.15, 0.2) is 21.8 Å². The third-order valence-electron chi connectivity index (χ3n) is 7.25. The highest BCUT2D eigenvalue weighted by atomic mass is 127. The Morgan fingerprint density at radius 3 is 2.70 bits per heavy atom. The lowest BCUT2D eigenvalue weighted by molar-refractivity contribution is -0.00461. The highest BCUT2D eigenvalue weighted by Gasteiger charge is 2.50. The van der Waals surface area contributed by atoms with Gasteiger partial charge in [-0.15, -0.1) is 0 Å². The molecule has 6 atom stereocenters. The molecule has 27 heavy (non-hydrogen) atoms. The van der Waals surface area contributed by atoms with Crippen molar-refractivity contribution < 1.29 is 9.16 Å². The minimum Gasteiger partial charge on any atom is -0.409 e. The summed E-state index contributed by atoms with van der Waals surface area (Å²) in [5, 5.41) is 0. The van der Waals surface area contributed by atoms with Gasteiger partial charge in [-0.1, -0.05) is 54.2 Å². The van der Waals surface area contributed by atoms with Crippen molar-refractivity contribution in [2.45, 2.75) is 90.6 Å². The van der Waals surface area contributed by atoms with Gasteiger partial charge in [0.15, 0.2) is 8.32 Å². The monoisotopic (exact) mass is 502 g/mol.